The third kappa shape index (κ3) is 4.86. The lowest BCUT2D eigenvalue weighted by Crippen LogP contribution is -2.46. The number of nitrogens with one attached hydrogen (secondary N) is 1. The van der Waals surface area contributed by atoms with Crippen molar-refractivity contribution in [1.82, 2.24) is 24.8 Å². The van der Waals surface area contributed by atoms with Crippen molar-refractivity contribution in [3.05, 3.63) is 70.5 Å². The number of H-pyrrole nitrogens is 1. The minimum absolute atomic E-state index is 0.0940. The highest BCUT2D eigenvalue weighted by Gasteiger charge is 2.18. The summed E-state index contributed by atoms with van der Waals surface area (Å²) in [4.78, 5) is 32.6. The SMILES string of the molecule is CCCc1cc(=O)[nH]c(-c2ccc(CN3CCN(c4cnccn4)CC3)cc2)n1. The summed E-state index contributed by atoms with van der Waals surface area (Å²) in [6.45, 7) is 6.88. The molecule has 3 heterocycles. The van der Waals surface area contributed by atoms with Gasteiger partial charge in [0.2, 0.25) is 0 Å². The molecule has 1 saturated heterocycles. The molecule has 0 radical (unpaired) electrons. The Kier molecular flexibility index (Phi) is 5.95. The number of benzene rings is 1. The van der Waals surface area contributed by atoms with E-state index in [0.29, 0.717) is 5.82 Å². The topological polar surface area (TPSA) is 78.0 Å². The van der Waals surface area contributed by atoms with E-state index in [2.05, 4.69) is 48.8 Å². The van der Waals surface area contributed by atoms with E-state index in [0.717, 1.165) is 62.6 Å². The standard InChI is InChI=1S/C22H26N6O/c1-2-3-19-14-21(29)26-22(25-19)18-6-4-17(5-7-18)16-27-10-12-28(13-11-27)20-15-23-8-9-24-20/h4-9,14-15H,2-3,10-13,16H2,1H3,(H,25,26,29). The first kappa shape index (κ1) is 19.3. The second-order valence-corrected chi connectivity index (χ2v) is 7.36. The first-order valence-electron chi connectivity index (χ1n) is 10.1. The van der Waals surface area contributed by atoms with Gasteiger partial charge in [-0.1, -0.05) is 37.6 Å². The number of hydrogen-bond donors (Lipinski definition) is 1. The molecule has 1 fully saturated rings. The summed E-state index contributed by atoms with van der Waals surface area (Å²) in [6, 6.07) is 9.91. The fraction of sp³-hybridized carbons (Fsp3) is 0.364. The first-order valence-corrected chi connectivity index (χ1v) is 10.1. The number of aromatic amines is 1. The van der Waals surface area contributed by atoms with E-state index in [1.807, 2.05) is 18.3 Å². The van der Waals surface area contributed by atoms with E-state index in [-0.39, 0.29) is 5.56 Å². The summed E-state index contributed by atoms with van der Waals surface area (Å²) in [6.07, 6.45) is 7.05. The van der Waals surface area contributed by atoms with Crippen LogP contribution in [0.15, 0.2) is 53.7 Å². The summed E-state index contributed by atoms with van der Waals surface area (Å²) >= 11 is 0. The molecule has 0 amide bonds. The minimum atomic E-state index is -0.0940. The Hall–Kier alpha value is -3.06. The number of hydrogen-bond acceptors (Lipinski definition) is 6. The van der Waals surface area contributed by atoms with Gasteiger partial charge >= 0.3 is 0 Å². The van der Waals surface area contributed by atoms with Gasteiger partial charge < -0.3 is 9.88 Å². The molecule has 7 heteroatoms. The summed E-state index contributed by atoms with van der Waals surface area (Å²) in [7, 11) is 0. The Morgan fingerprint density at radius 3 is 2.55 bits per heavy atom. The van der Waals surface area contributed by atoms with Crippen molar-refractivity contribution >= 4 is 5.82 Å². The third-order valence-electron chi connectivity index (χ3n) is 5.18. The molecule has 1 aliphatic rings. The summed E-state index contributed by atoms with van der Waals surface area (Å²) in [5.74, 6) is 1.59. The maximum atomic E-state index is 11.9. The fourth-order valence-electron chi connectivity index (χ4n) is 3.64. The molecule has 1 N–H and O–H groups in total. The largest absolute Gasteiger partial charge is 0.353 e. The van der Waals surface area contributed by atoms with Crippen molar-refractivity contribution in [1.29, 1.82) is 0 Å². The van der Waals surface area contributed by atoms with Crippen molar-refractivity contribution < 1.29 is 0 Å². The number of aromatic nitrogens is 4. The molecule has 0 bridgehead atoms. The lowest BCUT2D eigenvalue weighted by atomic mass is 10.1. The van der Waals surface area contributed by atoms with Crippen LogP contribution < -0.4 is 10.5 Å². The predicted octanol–water partition coefficient (Wildman–Crippen LogP) is 2.50. The maximum Gasteiger partial charge on any atom is 0.251 e. The van der Waals surface area contributed by atoms with E-state index >= 15 is 0 Å². The van der Waals surface area contributed by atoms with Crippen LogP contribution in [0.2, 0.25) is 0 Å². The lowest BCUT2D eigenvalue weighted by Gasteiger charge is -2.35. The Labute approximate surface area is 170 Å². The van der Waals surface area contributed by atoms with Crippen molar-refractivity contribution in [2.45, 2.75) is 26.3 Å². The van der Waals surface area contributed by atoms with Crippen molar-refractivity contribution in [3.63, 3.8) is 0 Å². The van der Waals surface area contributed by atoms with Gasteiger partial charge in [-0.25, -0.2) is 9.97 Å². The van der Waals surface area contributed by atoms with Crippen LogP contribution in [0.3, 0.4) is 0 Å². The molecule has 0 aliphatic carbocycles. The summed E-state index contributed by atoms with van der Waals surface area (Å²) in [5, 5.41) is 0. The Bertz CT molecular complexity index is 978. The molecular formula is C22H26N6O. The monoisotopic (exact) mass is 390 g/mol. The van der Waals surface area contributed by atoms with Gasteiger partial charge in [0.1, 0.15) is 11.6 Å². The number of anilines is 1. The Morgan fingerprint density at radius 2 is 1.86 bits per heavy atom. The van der Waals surface area contributed by atoms with Crippen LogP contribution in [0.1, 0.15) is 24.6 Å². The van der Waals surface area contributed by atoms with E-state index in [1.54, 1.807) is 18.5 Å². The fourth-order valence-corrected chi connectivity index (χ4v) is 3.64. The predicted molar refractivity (Wildman–Crippen MR) is 114 cm³/mol. The van der Waals surface area contributed by atoms with Gasteiger partial charge in [0.25, 0.3) is 5.56 Å². The quantitative estimate of drug-likeness (QED) is 0.697. The van der Waals surface area contributed by atoms with E-state index in [9.17, 15) is 4.79 Å². The van der Waals surface area contributed by atoms with Crippen LogP contribution in [-0.2, 0) is 13.0 Å². The molecule has 0 saturated carbocycles. The van der Waals surface area contributed by atoms with Crippen molar-refractivity contribution in [2.24, 2.45) is 0 Å². The Morgan fingerprint density at radius 1 is 1.07 bits per heavy atom. The van der Waals surface area contributed by atoms with Crippen LogP contribution in [-0.4, -0.2) is 51.0 Å². The summed E-state index contributed by atoms with van der Waals surface area (Å²) < 4.78 is 0. The molecule has 0 unspecified atom stereocenters. The highest BCUT2D eigenvalue weighted by molar-refractivity contribution is 5.55. The molecule has 2 aromatic heterocycles. The molecule has 4 rings (SSSR count). The van der Waals surface area contributed by atoms with E-state index in [1.165, 1.54) is 5.56 Å². The number of nitrogens with zero attached hydrogens (tertiary/aromatic N) is 5. The molecule has 150 valence electrons. The van der Waals surface area contributed by atoms with Gasteiger partial charge in [-0.15, -0.1) is 0 Å². The number of rotatable bonds is 6. The molecule has 3 aromatic rings. The van der Waals surface area contributed by atoms with Gasteiger partial charge in [-0.05, 0) is 12.0 Å². The zero-order chi connectivity index (χ0) is 20.1. The third-order valence-corrected chi connectivity index (χ3v) is 5.18. The van der Waals surface area contributed by atoms with E-state index in [4.69, 9.17) is 0 Å². The van der Waals surface area contributed by atoms with Crippen molar-refractivity contribution in [3.8, 4) is 11.4 Å². The van der Waals surface area contributed by atoms with Crippen LogP contribution >= 0.6 is 0 Å². The van der Waals surface area contributed by atoms with Crippen LogP contribution in [0, 0.1) is 0 Å². The molecule has 7 nitrogen and oxygen atoms in total. The number of aryl methyl sites for hydroxylation is 1. The first-order chi connectivity index (χ1) is 14.2. The zero-order valence-electron chi connectivity index (χ0n) is 16.7. The van der Waals surface area contributed by atoms with Crippen LogP contribution in [0.25, 0.3) is 11.4 Å². The molecular weight excluding hydrogens is 364 g/mol. The normalized spacial score (nSPS) is 14.9. The van der Waals surface area contributed by atoms with Gasteiger partial charge in [-0.2, -0.15) is 0 Å². The molecule has 0 spiro atoms. The molecule has 0 atom stereocenters. The molecule has 1 aliphatic heterocycles. The Balaban J connectivity index is 1.37. The average molecular weight is 390 g/mol. The van der Waals surface area contributed by atoms with Crippen LogP contribution in [0.4, 0.5) is 5.82 Å². The molecule has 1 aromatic carbocycles. The summed E-state index contributed by atoms with van der Waals surface area (Å²) in [5.41, 5.74) is 2.95. The van der Waals surface area contributed by atoms with Gasteiger partial charge in [0.15, 0.2) is 0 Å². The van der Waals surface area contributed by atoms with Gasteiger partial charge in [0.05, 0.1) is 6.20 Å². The van der Waals surface area contributed by atoms with Gasteiger partial charge in [-0.3, -0.25) is 14.7 Å². The zero-order valence-corrected chi connectivity index (χ0v) is 16.7. The highest BCUT2D eigenvalue weighted by Crippen LogP contribution is 2.18. The van der Waals surface area contributed by atoms with Gasteiger partial charge in [0, 0.05) is 62.4 Å². The second kappa shape index (κ2) is 8.96. The van der Waals surface area contributed by atoms with Crippen molar-refractivity contribution in [2.75, 3.05) is 31.1 Å². The van der Waals surface area contributed by atoms with Crippen LogP contribution in [0.5, 0.6) is 0 Å². The smallest absolute Gasteiger partial charge is 0.251 e. The molecule has 29 heavy (non-hydrogen) atoms. The minimum Gasteiger partial charge on any atom is -0.353 e. The lowest BCUT2D eigenvalue weighted by molar-refractivity contribution is 0.249. The highest BCUT2D eigenvalue weighted by atomic mass is 16.1. The number of piperazine rings is 1. The van der Waals surface area contributed by atoms with E-state index < -0.39 is 0 Å². The average Bonchev–Trinajstić information content (AvgIpc) is 2.75. The second-order valence-electron chi connectivity index (χ2n) is 7.36. The maximum absolute atomic E-state index is 11.9.